The molecule has 0 aromatic heterocycles. The van der Waals surface area contributed by atoms with E-state index in [1.807, 2.05) is 25.8 Å². The van der Waals surface area contributed by atoms with Crippen LogP contribution in [0.15, 0.2) is 0 Å². The Kier molecular flexibility index (Phi) is 7.13. The predicted octanol–water partition coefficient (Wildman–Crippen LogP) is 1.75. The Bertz CT molecular complexity index is 202. The monoisotopic (exact) mass is 229 g/mol. The summed E-state index contributed by atoms with van der Waals surface area (Å²) in [5, 5.41) is 0. The second-order valence-electron chi connectivity index (χ2n) is 4.57. The van der Waals surface area contributed by atoms with Crippen molar-refractivity contribution in [1.29, 1.82) is 0 Å². The van der Waals surface area contributed by atoms with Crippen molar-refractivity contribution in [2.45, 2.75) is 40.2 Å². The minimum atomic E-state index is 0.0981. The van der Waals surface area contributed by atoms with E-state index in [4.69, 9.17) is 5.73 Å². The lowest BCUT2D eigenvalue weighted by Crippen LogP contribution is -2.42. The van der Waals surface area contributed by atoms with Gasteiger partial charge in [-0.15, -0.1) is 0 Å². The summed E-state index contributed by atoms with van der Waals surface area (Å²) in [5.41, 5.74) is 5.95. The number of carbonyl (C=O) groups excluding carboxylic acids is 1. The van der Waals surface area contributed by atoms with Gasteiger partial charge in [-0.25, -0.2) is 4.79 Å². The van der Waals surface area contributed by atoms with Gasteiger partial charge in [-0.2, -0.15) is 0 Å². The molecule has 0 saturated heterocycles. The van der Waals surface area contributed by atoms with Crippen molar-refractivity contribution in [2.75, 3.05) is 26.7 Å². The number of rotatable bonds is 6. The zero-order valence-electron chi connectivity index (χ0n) is 11.4. The molecular formula is C12H27N3O. The van der Waals surface area contributed by atoms with Crippen LogP contribution in [0.2, 0.25) is 0 Å². The number of carbonyl (C=O) groups is 1. The fraction of sp³-hybridized carbons (Fsp3) is 0.917. The number of nitrogens with two attached hydrogens (primary N) is 1. The zero-order chi connectivity index (χ0) is 12.7. The molecule has 16 heavy (non-hydrogen) atoms. The third-order valence-electron chi connectivity index (χ3n) is 3.01. The van der Waals surface area contributed by atoms with Crippen LogP contribution in [0.5, 0.6) is 0 Å². The van der Waals surface area contributed by atoms with Gasteiger partial charge in [-0.05, 0) is 26.2 Å². The molecule has 0 aromatic carbocycles. The van der Waals surface area contributed by atoms with Gasteiger partial charge in [-0.1, -0.05) is 13.8 Å². The summed E-state index contributed by atoms with van der Waals surface area (Å²) in [6.07, 6.45) is 0.862. The molecule has 0 aromatic rings. The molecule has 2 amide bonds. The third-order valence-corrected chi connectivity index (χ3v) is 3.01. The normalized spacial score (nSPS) is 12.7. The molecule has 0 aliphatic carbocycles. The summed E-state index contributed by atoms with van der Waals surface area (Å²) >= 11 is 0. The van der Waals surface area contributed by atoms with Crippen LogP contribution >= 0.6 is 0 Å². The Morgan fingerprint density at radius 1 is 1.25 bits per heavy atom. The minimum Gasteiger partial charge on any atom is -0.328 e. The molecule has 96 valence electrons. The lowest BCUT2D eigenvalue weighted by molar-refractivity contribution is 0.165. The van der Waals surface area contributed by atoms with Gasteiger partial charge in [0.1, 0.15) is 0 Å². The fourth-order valence-corrected chi connectivity index (χ4v) is 1.51. The maximum atomic E-state index is 11.9. The van der Waals surface area contributed by atoms with E-state index in [9.17, 15) is 4.79 Å². The van der Waals surface area contributed by atoms with Crippen LogP contribution in [0.25, 0.3) is 0 Å². The number of hydrogen-bond donors (Lipinski definition) is 1. The fourth-order valence-electron chi connectivity index (χ4n) is 1.51. The Hall–Kier alpha value is -0.770. The topological polar surface area (TPSA) is 49.6 Å². The van der Waals surface area contributed by atoms with Gasteiger partial charge < -0.3 is 15.5 Å². The van der Waals surface area contributed by atoms with Crippen molar-refractivity contribution in [1.82, 2.24) is 9.80 Å². The van der Waals surface area contributed by atoms with Gasteiger partial charge in [0.2, 0.25) is 0 Å². The maximum absolute atomic E-state index is 11.9. The molecular weight excluding hydrogens is 202 g/mol. The summed E-state index contributed by atoms with van der Waals surface area (Å²) in [6, 6.07) is 0.271. The highest BCUT2D eigenvalue weighted by Crippen LogP contribution is 2.05. The van der Waals surface area contributed by atoms with Crippen molar-refractivity contribution in [3.63, 3.8) is 0 Å². The van der Waals surface area contributed by atoms with Crippen LogP contribution in [0, 0.1) is 5.92 Å². The van der Waals surface area contributed by atoms with E-state index in [2.05, 4.69) is 13.8 Å². The minimum absolute atomic E-state index is 0.0981. The van der Waals surface area contributed by atoms with Crippen LogP contribution in [0.1, 0.15) is 34.1 Å². The van der Waals surface area contributed by atoms with E-state index in [1.54, 1.807) is 4.90 Å². The third kappa shape index (κ3) is 4.84. The second kappa shape index (κ2) is 7.49. The van der Waals surface area contributed by atoms with Crippen molar-refractivity contribution in [2.24, 2.45) is 11.7 Å². The van der Waals surface area contributed by atoms with Crippen LogP contribution in [-0.4, -0.2) is 48.6 Å². The lowest BCUT2D eigenvalue weighted by atomic mass is 10.0. The molecule has 0 spiro atoms. The first kappa shape index (κ1) is 15.2. The Labute approximate surface area is 99.8 Å². The zero-order valence-corrected chi connectivity index (χ0v) is 11.4. The quantitative estimate of drug-likeness (QED) is 0.754. The number of nitrogens with zero attached hydrogens (tertiary/aromatic N) is 2. The molecule has 1 unspecified atom stereocenters. The summed E-state index contributed by atoms with van der Waals surface area (Å²) in [5.74, 6) is 0.469. The first-order valence-corrected chi connectivity index (χ1v) is 6.19. The van der Waals surface area contributed by atoms with E-state index < -0.39 is 0 Å². The van der Waals surface area contributed by atoms with Crippen molar-refractivity contribution < 1.29 is 4.79 Å². The van der Waals surface area contributed by atoms with Crippen molar-refractivity contribution >= 4 is 6.03 Å². The van der Waals surface area contributed by atoms with Crippen LogP contribution in [0.4, 0.5) is 4.79 Å². The molecule has 0 saturated carbocycles. The predicted molar refractivity (Wildman–Crippen MR) is 68.4 cm³/mol. The van der Waals surface area contributed by atoms with E-state index >= 15 is 0 Å². The average molecular weight is 229 g/mol. The van der Waals surface area contributed by atoms with Gasteiger partial charge in [-0.3, -0.25) is 0 Å². The molecule has 0 heterocycles. The van der Waals surface area contributed by atoms with Crippen LogP contribution in [-0.2, 0) is 0 Å². The van der Waals surface area contributed by atoms with Crippen molar-refractivity contribution in [3.05, 3.63) is 0 Å². The largest absolute Gasteiger partial charge is 0.328 e. The summed E-state index contributed by atoms with van der Waals surface area (Å²) in [4.78, 5) is 15.5. The van der Waals surface area contributed by atoms with E-state index in [1.165, 1.54) is 0 Å². The average Bonchev–Trinajstić information content (AvgIpc) is 2.26. The van der Waals surface area contributed by atoms with E-state index in [0.29, 0.717) is 5.92 Å². The lowest BCUT2D eigenvalue weighted by Gasteiger charge is -2.27. The second-order valence-corrected chi connectivity index (χ2v) is 4.57. The smallest absolute Gasteiger partial charge is 0.319 e. The van der Waals surface area contributed by atoms with Gasteiger partial charge in [0.05, 0.1) is 0 Å². The molecule has 2 N–H and O–H groups in total. The van der Waals surface area contributed by atoms with Gasteiger partial charge >= 0.3 is 6.03 Å². The molecule has 0 aliphatic rings. The molecule has 0 radical (unpaired) electrons. The van der Waals surface area contributed by atoms with Crippen molar-refractivity contribution in [3.8, 4) is 0 Å². The molecule has 0 aliphatic heterocycles. The summed E-state index contributed by atoms with van der Waals surface area (Å²) < 4.78 is 0. The highest BCUT2D eigenvalue weighted by Gasteiger charge is 2.16. The van der Waals surface area contributed by atoms with E-state index in [0.717, 1.165) is 26.1 Å². The Morgan fingerprint density at radius 3 is 2.12 bits per heavy atom. The molecule has 0 rings (SSSR count). The number of amides is 2. The maximum Gasteiger partial charge on any atom is 0.319 e. The van der Waals surface area contributed by atoms with Crippen LogP contribution < -0.4 is 5.73 Å². The molecule has 0 bridgehead atoms. The SMILES string of the molecule is CCN(CC)C(=O)N(C)CCC(N)C(C)C. The van der Waals surface area contributed by atoms with Gasteiger partial charge in [0.25, 0.3) is 0 Å². The summed E-state index contributed by atoms with van der Waals surface area (Å²) in [7, 11) is 1.84. The Morgan fingerprint density at radius 2 is 1.75 bits per heavy atom. The standard InChI is InChI=1S/C12H27N3O/c1-6-15(7-2)12(16)14(5)9-8-11(13)10(3)4/h10-11H,6-9,13H2,1-5H3. The summed E-state index contributed by atoms with van der Waals surface area (Å²) in [6.45, 7) is 10.5. The molecule has 4 nitrogen and oxygen atoms in total. The number of urea groups is 1. The highest BCUT2D eigenvalue weighted by atomic mass is 16.2. The van der Waals surface area contributed by atoms with Gasteiger partial charge in [0.15, 0.2) is 0 Å². The number of hydrogen-bond acceptors (Lipinski definition) is 2. The van der Waals surface area contributed by atoms with Gasteiger partial charge in [0, 0.05) is 32.7 Å². The molecule has 1 atom stereocenters. The molecule has 0 fully saturated rings. The highest BCUT2D eigenvalue weighted by molar-refractivity contribution is 5.74. The Balaban J connectivity index is 4.05. The first-order chi connectivity index (χ1) is 7.43. The van der Waals surface area contributed by atoms with E-state index in [-0.39, 0.29) is 12.1 Å². The van der Waals surface area contributed by atoms with Crippen LogP contribution in [0.3, 0.4) is 0 Å². The first-order valence-electron chi connectivity index (χ1n) is 6.19. The molecule has 4 heteroatoms.